The molecule has 2 aromatic rings. The van der Waals surface area contributed by atoms with Gasteiger partial charge in [0.25, 0.3) is 0 Å². The first-order valence-corrected chi connectivity index (χ1v) is 10.4. The number of unbranched alkanes of at least 4 members (excludes halogenated alkanes) is 3. The van der Waals surface area contributed by atoms with Crippen molar-refractivity contribution in [1.29, 1.82) is 0 Å². The normalized spacial score (nSPS) is 12.8. The molecule has 1 heterocycles. The van der Waals surface area contributed by atoms with Gasteiger partial charge in [0.15, 0.2) is 5.78 Å². The van der Waals surface area contributed by atoms with Crippen LogP contribution in [-0.4, -0.2) is 21.9 Å². The molecule has 0 saturated carbocycles. The number of hydrogen-bond donors (Lipinski definition) is 1. The summed E-state index contributed by atoms with van der Waals surface area (Å²) in [5, 5.41) is 3.46. The van der Waals surface area contributed by atoms with E-state index in [0.29, 0.717) is 18.2 Å². The van der Waals surface area contributed by atoms with Crippen LogP contribution < -0.4 is 5.32 Å². The lowest BCUT2D eigenvalue weighted by atomic mass is 10.0. The van der Waals surface area contributed by atoms with E-state index in [0.717, 1.165) is 35.4 Å². The van der Waals surface area contributed by atoms with Crippen molar-refractivity contribution in [2.45, 2.75) is 72.3 Å². The van der Waals surface area contributed by atoms with Gasteiger partial charge in [0.1, 0.15) is 0 Å². The molecule has 0 amide bonds. The van der Waals surface area contributed by atoms with Gasteiger partial charge in [0.05, 0.1) is 11.0 Å². The molecule has 0 radical (unpaired) electrons. The molecular weight excluding hydrogens is 346 g/mol. The molecule has 1 unspecified atom stereocenters. The maximum Gasteiger partial charge on any atom is 0.204 e. The zero-order valence-electron chi connectivity index (χ0n) is 17.7. The molecule has 1 aromatic carbocycles. The Morgan fingerprint density at radius 2 is 2.07 bits per heavy atom. The Balaban J connectivity index is 2.39. The van der Waals surface area contributed by atoms with Crippen molar-refractivity contribution in [1.82, 2.24) is 9.55 Å². The van der Waals surface area contributed by atoms with Crippen LogP contribution in [0.5, 0.6) is 0 Å². The summed E-state index contributed by atoms with van der Waals surface area (Å²) in [5.74, 6) is 3.48. The van der Waals surface area contributed by atoms with Crippen LogP contribution in [0, 0.1) is 12.3 Å². The highest BCUT2D eigenvalue weighted by Gasteiger charge is 2.18. The summed E-state index contributed by atoms with van der Waals surface area (Å²) in [6, 6.07) is 6.21. The highest BCUT2D eigenvalue weighted by atomic mass is 16.1. The summed E-state index contributed by atoms with van der Waals surface area (Å²) >= 11 is 0. The molecular formula is C24H33N3O. The molecule has 0 fully saturated rings. The Morgan fingerprint density at radius 3 is 2.71 bits per heavy atom. The molecule has 2 rings (SSSR count). The number of nitrogens with one attached hydrogen (secondary N) is 1. The van der Waals surface area contributed by atoms with Crippen molar-refractivity contribution in [3.05, 3.63) is 35.4 Å². The number of anilines is 1. The van der Waals surface area contributed by atoms with Gasteiger partial charge < -0.3 is 9.88 Å². The first kappa shape index (κ1) is 21.8. The van der Waals surface area contributed by atoms with Gasteiger partial charge in [-0.25, -0.2) is 4.98 Å². The first-order chi connectivity index (χ1) is 13.5. The summed E-state index contributed by atoms with van der Waals surface area (Å²) < 4.78 is 2.31. The number of hydrogen-bond acceptors (Lipinski definition) is 3. The van der Waals surface area contributed by atoms with Crippen LogP contribution >= 0.6 is 0 Å². The quantitative estimate of drug-likeness (QED) is 0.289. The number of aromatic nitrogens is 2. The van der Waals surface area contributed by atoms with Gasteiger partial charge in [-0.3, -0.25) is 4.79 Å². The van der Waals surface area contributed by atoms with E-state index in [1.165, 1.54) is 25.7 Å². The van der Waals surface area contributed by atoms with E-state index in [4.69, 9.17) is 11.4 Å². The number of benzene rings is 1. The van der Waals surface area contributed by atoms with Crippen molar-refractivity contribution in [3.63, 3.8) is 0 Å². The van der Waals surface area contributed by atoms with E-state index < -0.39 is 0 Å². The van der Waals surface area contributed by atoms with E-state index >= 15 is 0 Å². The largest absolute Gasteiger partial charge is 0.352 e. The molecule has 0 aliphatic rings. The van der Waals surface area contributed by atoms with Crippen molar-refractivity contribution in [2.24, 2.45) is 0 Å². The van der Waals surface area contributed by atoms with Gasteiger partial charge in [0.2, 0.25) is 5.95 Å². The zero-order chi connectivity index (χ0) is 20.5. The molecule has 0 aliphatic heterocycles. The number of ketones is 1. The van der Waals surface area contributed by atoms with Crippen molar-refractivity contribution in [3.8, 4) is 12.3 Å². The fourth-order valence-corrected chi connectivity index (χ4v) is 3.55. The van der Waals surface area contributed by atoms with Crippen molar-refractivity contribution in [2.75, 3.05) is 11.9 Å². The van der Waals surface area contributed by atoms with Gasteiger partial charge in [-0.05, 0) is 56.5 Å². The highest BCUT2D eigenvalue weighted by Crippen LogP contribution is 2.30. The fourth-order valence-electron chi connectivity index (χ4n) is 3.55. The number of imidazole rings is 1. The van der Waals surface area contributed by atoms with Gasteiger partial charge in [-0.1, -0.05) is 45.5 Å². The Labute approximate surface area is 169 Å². The molecule has 4 nitrogen and oxygen atoms in total. The molecule has 1 atom stereocenters. The zero-order valence-corrected chi connectivity index (χ0v) is 17.7. The predicted octanol–water partition coefficient (Wildman–Crippen LogP) is 6.15. The minimum atomic E-state index is 0.0605. The summed E-state index contributed by atoms with van der Waals surface area (Å²) in [6.07, 6.45) is 14.3. The Kier molecular flexibility index (Phi) is 8.32. The van der Waals surface area contributed by atoms with Gasteiger partial charge in [0, 0.05) is 18.2 Å². The maximum absolute atomic E-state index is 11.8. The summed E-state index contributed by atoms with van der Waals surface area (Å²) in [4.78, 5) is 16.6. The van der Waals surface area contributed by atoms with Crippen LogP contribution in [0.1, 0.15) is 82.6 Å². The van der Waals surface area contributed by atoms with Crippen LogP contribution in [0.25, 0.3) is 11.0 Å². The minimum Gasteiger partial charge on any atom is -0.352 e. The number of carbonyl (C=O) groups is 1. The number of fused-ring (bicyclic) bond motifs is 1. The molecule has 28 heavy (non-hydrogen) atoms. The average molecular weight is 380 g/mol. The summed E-state index contributed by atoms with van der Waals surface area (Å²) in [6.45, 7) is 8.72. The topological polar surface area (TPSA) is 46.9 Å². The molecule has 4 heteroatoms. The second-order valence-corrected chi connectivity index (χ2v) is 7.49. The first-order valence-electron chi connectivity index (χ1n) is 10.4. The molecule has 0 spiro atoms. The Bertz CT molecular complexity index is 870. The third-order valence-corrected chi connectivity index (χ3v) is 5.18. The smallest absolute Gasteiger partial charge is 0.204 e. The third kappa shape index (κ3) is 5.48. The van der Waals surface area contributed by atoms with E-state index in [2.05, 4.69) is 29.7 Å². The number of Topliss-reactive ketones (excluding diaryl/α,β-unsaturated/α-hetero) is 1. The van der Waals surface area contributed by atoms with Crippen LogP contribution in [-0.2, 0) is 0 Å². The van der Waals surface area contributed by atoms with Gasteiger partial charge in [-0.2, -0.15) is 0 Å². The lowest BCUT2D eigenvalue weighted by Crippen LogP contribution is -2.14. The van der Waals surface area contributed by atoms with Crippen molar-refractivity contribution < 1.29 is 4.79 Å². The highest BCUT2D eigenvalue weighted by molar-refractivity contribution is 5.97. The monoisotopic (exact) mass is 379 g/mol. The van der Waals surface area contributed by atoms with Gasteiger partial charge >= 0.3 is 0 Å². The predicted molar refractivity (Wildman–Crippen MR) is 119 cm³/mol. The number of allylic oxidation sites excluding steroid dienone is 1. The van der Waals surface area contributed by atoms with Gasteiger partial charge in [-0.15, -0.1) is 6.42 Å². The molecule has 150 valence electrons. The average Bonchev–Trinajstić information content (AvgIpc) is 3.04. The molecule has 1 aromatic heterocycles. The lowest BCUT2D eigenvalue weighted by molar-refractivity contribution is 0.101. The van der Waals surface area contributed by atoms with Crippen LogP contribution in [0.3, 0.4) is 0 Å². The standard InChI is InChI=1S/C24H33N3O/c1-6-9-10-11-13-21(8-3)27-23-15-14-20(19(5)28)16-22(23)26-24(27)25-17-18(4)12-7-2/h2,12,14-16,21H,6,8-11,13,17H2,1,3-5H3,(H,25,26)/b18-12+. The summed E-state index contributed by atoms with van der Waals surface area (Å²) in [7, 11) is 0. The van der Waals surface area contributed by atoms with Crippen LogP contribution in [0.2, 0.25) is 0 Å². The second kappa shape index (κ2) is 10.7. The third-order valence-electron chi connectivity index (χ3n) is 5.18. The SMILES string of the molecule is C#C/C=C(\C)CNc1nc2cc(C(C)=O)ccc2n1C(CC)CCCCCC. The second-order valence-electron chi connectivity index (χ2n) is 7.49. The molecule has 0 saturated heterocycles. The molecule has 1 N–H and O–H groups in total. The van der Waals surface area contributed by atoms with E-state index in [9.17, 15) is 4.79 Å². The van der Waals surface area contributed by atoms with Crippen molar-refractivity contribution >= 4 is 22.8 Å². The minimum absolute atomic E-state index is 0.0605. The fraction of sp³-hybridized carbons (Fsp3) is 0.500. The molecule has 0 aliphatic carbocycles. The Hall–Kier alpha value is -2.54. The van der Waals surface area contributed by atoms with Crippen LogP contribution in [0.4, 0.5) is 5.95 Å². The maximum atomic E-state index is 11.8. The number of rotatable bonds is 11. The summed E-state index contributed by atoms with van der Waals surface area (Å²) in [5.41, 5.74) is 3.72. The number of carbonyl (C=O) groups excluding carboxylic acids is 1. The van der Waals surface area contributed by atoms with E-state index in [1.54, 1.807) is 13.0 Å². The lowest BCUT2D eigenvalue weighted by Gasteiger charge is -2.21. The van der Waals surface area contributed by atoms with E-state index in [-0.39, 0.29) is 5.78 Å². The Morgan fingerprint density at radius 1 is 1.29 bits per heavy atom. The number of nitrogens with zero attached hydrogens (tertiary/aromatic N) is 2. The number of terminal acetylenes is 1. The van der Waals surface area contributed by atoms with E-state index in [1.807, 2.05) is 25.1 Å². The molecule has 0 bridgehead atoms. The van der Waals surface area contributed by atoms with Crippen LogP contribution in [0.15, 0.2) is 29.8 Å².